The average Bonchev–Trinajstić information content (AvgIpc) is 2.52. The molecule has 1 fully saturated rings. The number of carbonyl (C=O) groups is 1. The molecule has 0 aromatic heterocycles. The van der Waals surface area contributed by atoms with Crippen LogP contribution in [-0.2, 0) is 11.3 Å². The Kier molecular flexibility index (Phi) is 8.40. The van der Waals surface area contributed by atoms with Gasteiger partial charge in [-0.1, -0.05) is 31.4 Å². The first kappa shape index (κ1) is 18.0. The molecule has 1 aliphatic carbocycles. The monoisotopic (exact) mass is 311 g/mol. The average molecular weight is 312 g/mol. The Morgan fingerprint density at radius 2 is 1.95 bits per heavy atom. The van der Waals surface area contributed by atoms with E-state index in [-0.39, 0.29) is 12.4 Å². The van der Waals surface area contributed by atoms with Crippen LogP contribution in [-0.4, -0.2) is 19.4 Å². The molecule has 0 heterocycles. The smallest absolute Gasteiger partial charge is 0.141 e. The number of halogens is 1. The van der Waals surface area contributed by atoms with Gasteiger partial charge in [-0.2, -0.15) is 0 Å². The second-order valence-electron chi connectivity index (χ2n) is 5.64. The Morgan fingerprint density at radius 1 is 1.24 bits per heavy atom. The number of hydrogen-bond donors (Lipinski definition) is 1. The topological polar surface area (TPSA) is 42.9 Å². The molecule has 1 aromatic carbocycles. The van der Waals surface area contributed by atoms with Gasteiger partial charge in [-0.3, -0.25) is 4.79 Å². The van der Waals surface area contributed by atoms with Gasteiger partial charge in [0, 0.05) is 11.5 Å². The Morgan fingerprint density at radius 3 is 2.67 bits per heavy atom. The van der Waals surface area contributed by atoms with Gasteiger partial charge in [0.15, 0.2) is 0 Å². The normalized spacial score (nSPS) is 15.3. The SMILES string of the molecule is COc1ccccc1C[NH2+]CCC(=O)C1CCCCC1.[Cl-]. The maximum Gasteiger partial charge on any atom is 0.141 e. The molecule has 0 aliphatic heterocycles. The van der Waals surface area contributed by atoms with Crippen molar-refractivity contribution in [2.45, 2.75) is 45.1 Å². The van der Waals surface area contributed by atoms with Gasteiger partial charge < -0.3 is 22.5 Å². The summed E-state index contributed by atoms with van der Waals surface area (Å²) < 4.78 is 5.33. The van der Waals surface area contributed by atoms with Crippen LogP contribution < -0.4 is 22.5 Å². The lowest BCUT2D eigenvalue weighted by atomic mass is 9.85. The van der Waals surface area contributed by atoms with Gasteiger partial charge in [0.1, 0.15) is 18.1 Å². The van der Waals surface area contributed by atoms with Crippen molar-refractivity contribution in [1.29, 1.82) is 0 Å². The van der Waals surface area contributed by atoms with E-state index in [9.17, 15) is 4.79 Å². The van der Waals surface area contributed by atoms with E-state index in [1.165, 1.54) is 24.8 Å². The lowest BCUT2D eigenvalue weighted by Crippen LogP contribution is -3.00. The van der Waals surface area contributed by atoms with Crippen LogP contribution in [0, 0.1) is 5.92 Å². The number of ether oxygens (including phenoxy) is 1. The van der Waals surface area contributed by atoms with E-state index in [2.05, 4.69) is 11.4 Å². The molecule has 4 heteroatoms. The largest absolute Gasteiger partial charge is 1.00 e. The van der Waals surface area contributed by atoms with Crippen molar-refractivity contribution in [2.24, 2.45) is 5.92 Å². The third kappa shape index (κ3) is 5.68. The van der Waals surface area contributed by atoms with Crippen molar-refractivity contribution in [3.8, 4) is 5.75 Å². The molecule has 3 nitrogen and oxygen atoms in total. The minimum atomic E-state index is 0. The molecule has 2 rings (SSSR count). The molecule has 0 unspecified atom stereocenters. The van der Waals surface area contributed by atoms with Crippen LogP contribution in [0.25, 0.3) is 0 Å². The first-order valence-corrected chi connectivity index (χ1v) is 7.77. The number of para-hydroxylation sites is 1. The Labute approximate surface area is 133 Å². The summed E-state index contributed by atoms with van der Waals surface area (Å²) in [7, 11) is 1.70. The molecule has 0 bridgehead atoms. The standard InChI is InChI=1S/C17H25NO2.ClH/c1-20-17-10-6-5-9-15(17)13-18-12-11-16(19)14-7-3-2-4-8-14;/h5-6,9-10,14,18H,2-4,7-8,11-13H2,1H3;1H. The summed E-state index contributed by atoms with van der Waals surface area (Å²) in [5, 5.41) is 2.21. The molecular formula is C17H26ClNO2. The highest BCUT2D eigenvalue weighted by Crippen LogP contribution is 2.24. The summed E-state index contributed by atoms with van der Waals surface area (Å²) in [6.45, 7) is 1.76. The van der Waals surface area contributed by atoms with Crippen molar-refractivity contribution in [3.63, 3.8) is 0 Å². The zero-order valence-corrected chi connectivity index (χ0v) is 13.6. The molecule has 0 spiro atoms. The molecule has 118 valence electrons. The minimum absolute atomic E-state index is 0. The van der Waals surface area contributed by atoms with Crippen LogP contribution in [0.15, 0.2) is 24.3 Å². The van der Waals surface area contributed by atoms with Gasteiger partial charge >= 0.3 is 0 Å². The molecule has 1 aromatic rings. The van der Waals surface area contributed by atoms with E-state index in [0.717, 1.165) is 31.7 Å². The highest BCUT2D eigenvalue weighted by molar-refractivity contribution is 5.81. The fourth-order valence-corrected chi connectivity index (χ4v) is 3.00. The molecule has 0 saturated heterocycles. The van der Waals surface area contributed by atoms with Gasteiger partial charge in [-0.25, -0.2) is 0 Å². The van der Waals surface area contributed by atoms with Crippen molar-refractivity contribution in [3.05, 3.63) is 29.8 Å². The zero-order valence-electron chi connectivity index (χ0n) is 12.8. The van der Waals surface area contributed by atoms with E-state index in [1.807, 2.05) is 18.2 Å². The summed E-state index contributed by atoms with van der Waals surface area (Å²) in [5.74, 6) is 1.76. The summed E-state index contributed by atoms with van der Waals surface area (Å²) in [6.07, 6.45) is 6.73. The fraction of sp³-hybridized carbons (Fsp3) is 0.588. The highest BCUT2D eigenvalue weighted by atomic mass is 35.5. The van der Waals surface area contributed by atoms with E-state index < -0.39 is 0 Å². The lowest BCUT2D eigenvalue weighted by Gasteiger charge is -2.19. The van der Waals surface area contributed by atoms with Crippen molar-refractivity contribution in [2.75, 3.05) is 13.7 Å². The zero-order chi connectivity index (χ0) is 14.2. The number of ketones is 1. The first-order valence-electron chi connectivity index (χ1n) is 7.77. The number of carbonyl (C=O) groups excluding carboxylic acids is 1. The van der Waals surface area contributed by atoms with Gasteiger partial charge in [0.2, 0.25) is 0 Å². The number of Topliss-reactive ketones (excluding diaryl/α,β-unsaturated/α-hetero) is 1. The molecular weight excluding hydrogens is 286 g/mol. The minimum Gasteiger partial charge on any atom is -1.00 e. The Bertz CT molecular complexity index is 431. The van der Waals surface area contributed by atoms with Crippen molar-refractivity contribution < 1.29 is 27.3 Å². The van der Waals surface area contributed by atoms with Crippen LogP contribution in [0.2, 0.25) is 0 Å². The molecule has 1 saturated carbocycles. The third-order valence-electron chi connectivity index (χ3n) is 4.21. The predicted molar refractivity (Wildman–Crippen MR) is 79.7 cm³/mol. The first-order chi connectivity index (χ1) is 9.81. The van der Waals surface area contributed by atoms with E-state index >= 15 is 0 Å². The maximum absolute atomic E-state index is 12.1. The number of quaternary nitrogens is 1. The van der Waals surface area contributed by atoms with Gasteiger partial charge in [0.25, 0.3) is 0 Å². The van der Waals surface area contributed by atoms with Crippen LogP contribution >= 0.6 is 0 Å². The second-order valence-corrected chi connectivity index (χ2v) is 5.64. The molecule has 1 aliphatic rings. The lowest BCUT2D eigenvalue weighted by molar-refractivity contribution is -0.669. The van der Waals surface area contributed by atoms with E-state index in [0.29, 0.717) is 18.1 Å². The third-order valence-corrected chi connectivity index (χ3v) is 4.21. The second kappa shape index (κ2) is 9.80. The Balaban J connectivity index is 0.00000220. The van der Waals surface area contributed by atoms with Crippen LogP contribution in [0.1, 0.15) is 44.1 Å². The summed E-state index contributed by atoms with van der Waals surface area (Å²) >= 11 is 0. The van der Waals surface area contributed by atoms with Crippen LogP contribution in [0.4, 0.5) is 0 Å². The van der Waals surface area contributed by atoms with Crippen LogP contribution in [0.3, 0.4) is 0 Å². The van der Waals surface area contributed by atoms with Crippen LogP contribution in [0.5, 0.6) is 5.75 Å². The predicted octanol–water partition coefficient (Wildman–Crippen LogP) is -0.698. The van der Waals surface area contributed by atoms with E-state index in [4.69, 9.17) is 4.74 Å². The highest BCUT2D eigenvalue weighted by Gasteiger charge is 2.20. The molecule has 0 radical (unpaired) electrons. The summed E-state index contributed by atoms with van der Waals surface area (Å²) in [5.41, 5.74) is 1.19. The molecule has 2 N–H and O–H groups in total. The number of hydrogen-bond acceptors (Lipinski definition) is 2. The molecule has 0 amide bonds. The van der Waals surface area contributed by atoms with Crippen molar-refractivity contribution >= 4 is 5.78 Å². The number of rotatable bonds is 7. The van der Waals surface area contributed by atoms with Gasteiger partial charge in [-0.15, -0.1) is 0 Å². The summed E-state index contributed by atoms with van der Waals surface area (Å²) in [4.78, 5) is 12.1. The number of benzene rings is 1. The van der Waals surface area contributed by atoms with Gasteiger partial charge in [-0.05, 0) is 25.0 Å². The molecule has 0 atom stereocenters. The quantitative estimate of drug-likeness (QED) is 0.677. The van der Waals surface area contributed by atoms with Crippen molar-refractivity contribution in [1.82, 2.24) is 0 Å². The van der Waals surface area contributed by atoms with Gasteiger partial charge in [0.05, 0.1) is 20.1 Å². The molecule has 21 heavy (non-hydrogen) atoms. The van der Waals surface area contributed by atoms with E-state index in [1.54, 1.807) is 7.11 Å². The summed E-state index contributed by atoms with van der Waals surface area (Å²) in [6, 6.07) is 8.07. The number of methoxy groups -OCH3 is 1. The Hall–Kier alpha value is -1.06. The fourth-order valence-electron chi connectivity index (χ4n) is 3.00. The maximum atomic E-state index is 12.1. The number of nitrogens with two attached hydrogens (primary N) is 1.